The van der Waals surface area contributed by atoms with Gasteiger partial charge in [0, 0.05) is 5.75 Å². The fourth-order valence-corrected chi connectivity index (χ4v) is 5.27. The van der Waals surface area contributed by atoms with E-state index in [1.165, 1.54) is 64.2 Å². The number of ether oxygens (including phenoxy) is 2. The highest BCUT2D eigenvalue weighted by Crippen LogP contribution is 2.27. The highest BCUT2D eigenvalue weighted by Gasteiger charge is 2.23. The highest BCUT2D eigenvalue weighted by atomic mass is 32.2. The quantitative estimate of drug-likeness (QED) is 0.184. The Morgan fingerprint density at radius 3 is 2.07 bits per heavy atom. The molecule has 0 N–H and O–H groups in total. The molecule has 0 unspecified atom stereocenters. The molecule has 2 fully saturated rings. The molecular formula is C25H45NO3S. The maximum absolute atomic E-state index is 12.4. The van der Waals surface area contributed by atoms with Gasteiger partial charge in [-0.05, 0) is 63.7 Å². The van der Waals surface area contributed by atoms with Crippen LogP contribution >= 0.6 is 11.8 Å². The Kier molecular flexibility index (Phi) is 13.6. The van der Waals surface area contributed by atoms with Gasteiger partial charge in [-0.1, -0.05) is 77.0 Å². The molecule has 4 nitrogen and oxygen atoms in total. The minimum Gasteiger partial charge on any atom is -0.469 e. The third-order valence-electron chi connectivity index (χ3n) is 6.46. The SMILES string of the molecule is CCCCCCCCCCS/C(=N\C(=O)OC1CCCCC1)OC1CCC(C)CC1. The summed E-state index contributed by atoms with van der Waals surface area (Å²) in [5.41, 5.74) is 0. The Bertz CT molecular complexity index is 483. The van der Waals surface area contributed by atoms with Crippen LogP contribution in [-0.4, -0.2) is 29.3 Å². The first-order valence-corrected chi connectivity index (χ1v) is 13.7. The van der Waals surface area contributed by atoms with E-state index in [1.54, 1.807) is 11.8 Å². The molecule has 2 rings (SSSR count). The van der Waals surface area contributed by atoms with Crippen molar-refractivity contribution >= 4 is 23.1 Å². The summed E-state index contributed by atoms with van der Waals surface area (Å²) in [6.07, 6.45) is 20.3. The third kappa shape index (κ3) is 11.6. The van der Waals surface area contributed by atoms with E-state index in [1.807, 2.05) is 0 Å². The molecule has 0 saturated heterocycles. The van der Waals surface area contributed by atoms with Gasteiger partial charge in [0.1, 0.15) is 12.2 Å². The zero-order chi connectivity index (χ0) is 21.4. The lowest BCUT2D eigenvalue weighted by Crippen LogP contribution is -2.24. The zero-order valence-corrected chi connectivity index (χ0v) is 20.4. The lowest BCUT2D eigenvalue weighted by atomic mass is 9.89. The number of carbonyl (C=O) groups is 1. The molecule has 0 spiro atoms. The van der Waals surface area contributed by atoms with Crippen LogP contribution in [0.4, 0.5) is 4.79 Å². The van der Waals surface area contributed by atoms with Crippen molar-refractivity contribution in [2.75, 3.05) is 5.75 Å². The van der Waals surface area contributed by atoms with Crippen LogP contribution in [0.1, 0.15) is 123 Å². The summed E-state index contributed by atoms with van der Waals surface area (Å²) in [7, 11) is 0. The molecule has 0 aromatic carbocycles. The second-order valence-electron chi connectivity index (χ2n) is 9.34. The first kappa shape index (κ1) is 25.5. The van der Waals surface area contributed by atoms with Gasteiger partial charge in [0.25, 0.3) is 5.23 Å². The molecular weight excluding hydrogens is 394 g/mol. The molecule has 2 aliphatic rings. The normalized spacial score (nSPS) is 23.3. The van der Waals surface area contributed by atoms with E-state index in [2.05, 4.69) is 18.8 Å². The molecule has 0 aromatic rings. The topological polar surface area (TPSA) is 47.9 Å². The van der Waals surface area contributed by atoms with E-state index in [4.69, 9.17) is 9.47 Å². The molecule has 0 heterocycles. The van der Waals surface area contributed by atoms with E-state index in [-0.39, 0.29) is 12.2 Å². The molecule has 30 heavy (non-hydrogen) atoms. The van der Waals surface area contributed by atoms with Crippen molar-refractivity contribution in [3.63, 3.8) is 0 Å². The van der Waals surface area contributed by atoms with Gasteiger partial charge in [0.15, 0.2) is 0 Å². The summed E-state index contributed by atoms with van der Waals surface area (Å²) >= 11 is 1.61. The van der Waals surface area contributed by atoms with Gasteiger partial charge in [-0.3, -0.25) is 0 Å². The van der Waals surface area contributed by atoms with Gasteiger partial charge >= 0.3 is 6.09 Å². The van der Waals surface area contributed by atoms with E-state index >= 15 is 0 Å². The monoisotopic (exact) mass is 439 g/mol. The number of hydrogen-bond donors (Lipinski definition) is 0. The van der Waals surface area contributed by atoms with Gasteiger partial charge in [-0.25, -0.2) is 4.79 Å². The van der Waals surface area contributed by atoms with Crippen LogP contribution in [0.25, 0.3) is 0 Å². The summed E-state index contributed by atoms with van der Waals surface area (Å²) in [5.74, 6) is 1.75. The lowest BCUT2D eigenvalue weighted by Gasteiger charge is -2.27. The van der Waals surface area contributed by atoms with E-state index in [0.29, 0.717) is 5.23 Å². The summed E-state index contributed by atoms with van der Waals surface area (Å²) < 4.78 is 11.8. The smallest absolute Gasteiger partial charge is 0.437 e. The molecule has 5 heteroatoms. The molecule has 2 saturated carbocycles. The standard InChI is InChI=1S/C25H45NO3S/c1-3-4-5-6-7-8-9-13-20-30-25(29-23-18-16-21(2)17-19-23)26-24(27)28-22-14-11-10-12-15-22/h21-23H,3-20H2,1-2H3/b26-25-. The predicted molar refractivity (Wildman–Crippen MR) is 128 cm³/mol. The first-order chi connectivity index (χ1) is 14.7. The summed E-state index contributed by atoms with van der Waals surface area (Å²) in [5, 5.41) is 0.540. The van der Waals surface area contributed by atoms with E-state index in [9.17, 15) is 4.79 Å². The molecule has 0 aliphatic heterocycles. The summed E-state index contributed by atoms with van der Waals surface area (Å²) in [6.45, 7) is 4.57. The van der Waals surface area contributed by atoms with Crippen molar-refractivity contribution < 1.29 is 14.3 Å². The van der Waals surface area contributed by atoms with Crippen LogP contribution in [0.15, 0.2) is 4.99 Å². The largest absolute Gasteiger partial charge is 0.469 e. The van der Waals surface area contributed by atoms with Gasteiger partial charge < -0.3 is 9.47 Å². The Morgan fingerprint density at radius 1 is 0.800 bits per heavy atom. The van der Waals surface area contributed by atoms with Crippen LogP contribution in [0, 0.1) is 5.92 Å². The van der Waals surface area contributed by atoms with Gasteiger partial charge in [0.05, 0.1) is 0 Å². The third-order valence-corrected chi connectivity index (χ3v) is 7.38. The lowest BCUT2D eigenvalue weighted by molar-refractivity contribution is 0.0817. The molecule has 174 valence electrons. The van der Waals surface area contributed by atoms with Crippen molar-refractivity contribution in [3.05, 3.63) is 0 Å². The van der Waals surface area contributed by atoms with Crippen molar-refractivity contribution in [2.24, 2.45) is 10.9 Å². The fourth-order valence-electron chi connectivity index (χ4n) is 4.40. The van der Waals surface area contributed by atoms with Crippen molar-refractivity contribution in [2.45, 2.75) is 135 Å². The number of carbonyl (C=O) groups excluding carboxylic acids is 1. The minimum atomic E-state index is -0.454. The fraction of sp³-hybridized carbons (Fsp3) is 0.920. The number of rotatable bonds is 11. The number of nitrogens with zero attached hydrogens (tertiary/aromatic N) is 1. The molecule has 0 radical (unpaired) electrons. The molecule has 0 bridgehead atoms. The average molecular weight is 440 g/mol. The van der Waals surface area contributed by atoms with Crippen LogP contribution in [0.2, 0.25) is 0 Å². The first-order valence-electron chi connectivity index (χ1n) is 12.8. The minimum absolute atomic E-state index is 0.0458. The van der Waals surface area contributed by atoms with Crippen molar-refractivity contribution in [1.29, 1.82) is 0 Å². The predicted octanol–water partition coefficient (Wildman–Crippen LogP) is 8.28. The number of aliphatic imine (C=N–C) groups is 1. The average Bonchev–Trinajstić information content (AvgIpc) is 2.74. The second kappa shape index (κ2) is 16.0. The molecule has 0 atom stereocenters. The van der Waals surface area contributed by atoms with Crippen molar-refractivity contribution in [1.82, 2.24) is 0 Å². The summed E-state index contributed by atoms with van der Waals surface area (Å²) in [4.78, 5) is 16.6. The Hall–Kier alpha value is -0.710. The Morgan fingerprint density at radius 2 is 1.40 bits per heavy atom. The van der Waals surface area contributed by atoms with Gasteiger partial charge in [-0.15, -0.1) is 4.99 Å². The number of amides is 1. The number of hydrogen-bond acceptors (Lipinski definition) is 4. The Balaban J connectivity index is 1.73. The van der Waals surface area contributed by atoms with E-state index in [0.717, 1.165) is 56.6 Å². The summed E-state index contributed by atoms with van der Waals surface area (Å²) in [6, 6.07) is 0. The van der Waals surface area contributed by atoms with Crippen LogP contribution in [0.5, 0.6) is 0 Å². The number of unbranched alkanes of at least 4 members (excludes halogenated alkanes) is 7. The maximum Gasteiger partial charge on any atom is 0.437 e. The van der Waals surface area contributed by atoms with Crippen LogP contribution in [-0.2, 0) is 9.47 Å². The van der Waals surface area contributed by atoms with Gasteiger partial charge in [0.2, 0.25) is 0 Å². The Labute approximate surface area is 189 Å². The molecule has 2 aliphatic carbocycles. The van der Waals surface area contributed by atoms with Crippen molar-refractivity contribution in [3.8, 4) is 0 Å². The van der Waals surface area contributed by atoms with Crippen LogP contribution in [0.3, 0.4) is 0 Å². The second-order valence-corrected chi connectivity index (χ2v) is 10.4. The highest BCUT2D eigenvalue weighted by molar-refractivity contribution is 8.13. The van der Waals surface area contributed by atoms with Gasteiger partial charge in [-0.2, -0.15) is 0 Å². The molecule has 0 aromatic heterocycles. The van der Waals surface area contributed by atoms with E-state index < -0.39 is 6.09 Å². The maximum atomic E-state index is 12.4. The number of thioether (sulfide) groups is 1. The molecule has 1 amide bonds. The van der Waals surface area contributed by atoms with Crippen LogP contribution < -0.4 is 0 Å². The zero-order valence-electron chi connectivity index (χ0n) is 19.5.